The molecule has 0 saturated heterocycles. The second kappa shape index (κ2) is 7.07. The van der Waals surface area contributed by atoms with Crippen molar-refractivity contribution < 1.29 is 14.3 Å². The van der Waals surface area contributed by atoms with Crippen LogP contribution in [0.5, 0.6) is 0 Å². The lowest BCUT2D eigenvalue weighted by Crippen LogP contribution is -2.07. The average molecular weight is 299 g/mol. The van der Waals surface area contributed by atoms with E-state index in [1.807, 2.05) is 12.1 Å². The third-order valence-electron chi connectivity index (χ3n) is 4.04. The Bertz CT molecular complexity index is 470. The van der Waals surface area contributed by atoms with E-state index in [0.717, 1.165) is 18.4 Å². The summed E-state index contributed by atoms with van der Waals surface area (Å²) in [6.45, 7) is 0. The second-order valence-electron chi connectivity index (χ2n) is 5.52. The fourth-order valence-electron chi connectivity index (χ4n) is 2.90. The molecule has 1 unspecified atom stereocenters. The van der Waals surface area contributed by atoms with Crippen molar-refractivity contribution in [3.05, 3.63) is 35.1 Å². The molecule has 1 aliphatic carbocycles. The van der Waals surface area contributed by atoms with E-state index in [9.17, 15) is 9.18 Å². The number of carbonyl (C=O) groups is 1. The topological polar surface area (TPSA) is 37.3 Å². The normalized spacial score (nSPS) is 17.9. The highest BCUT2D eigenvalue weighted by Crippen LogP contribution is 2.35. The van der Waals surface area contributed by atoms with Crippen molar-refractivity contribution in [2.45, 2.75) is 56.2 Å². The standard InChI is InChI=1S/C16H20ClFO2/c17-14(8-9-16(19)20)12-6-7-13(15(18)10-12)11-4-2-1-3-5-11/h6-7,10-11,14H,1-5,8-9H2,(H,19,20). The van der Waals surface area contributed by atoms with E-state index in [1.54, 1.807) is 0 Å². The molecule has 0 heterocycles. The Labute approximate surface area is 123 Å². The van der Waals surface area contributed by atoms with Gasteiger partial charge in [-0.05, 0) is 42.4 Å². The first-order valence-electron chi connectivity index (χ1n) is 7.23. The summed E-state index contributed by atoms with van der Waals surface area (Å²) in [4.78, 5) is 10.5. The minimum absolute atomic E-state index is 0.000161. The number of rotatable bonds is 5. The predicted octanol–water partition coefficient (Wildman–Crippen LogP) is 5.02. The maximum atomic E-state index is 14.2. The molecular weight excluding hydrogens is 279 g/mol. The lowest BCUT2D eigenvalue weighted by Gasteiger charge is -2.23. The first-order valence-corrected chi connectivity index (χ1v) is 7.67. The number of aliphatic carboxylic acids is 1. The number of hydrogen-bond acceptors (Lipinski definition) is 1. The molecule has 1 aliphatic rings. The number of alkyl halides is 1. The van der Waals surface area contributed by atoms with E-state index < -0.39 is 11.3 Å². The van der Waals surface area contributed by atoms with Gasteiger partial charge in [-0.3, -0.25) is 4.79 Å². The van der Waals surface area contributed by atoms with Crippen molar-refractivity contribution in [3.63, 3.8) is 0 Å². The lowest BCUT2D eigenvalue weighted by molar-refractivity contribution is -0.137. The van der Waals surface area contributed by atoms with Crippen LogP contribution < -0.4 is 0 Å². The molecule has 0 spiro atoms. The third-order valence-corrected chi connectivity index (χ3v) is 4.51. The SMILES string of the molecule is O=C(O)CCC(Cl)c1ccc(C2CCCCC2)c(F)c1. The first-order chi connectivity index (χ1) is 9.58. The Morgan fingerprint density at radius 2 is 2.05 bits per heavy atom. The Kier molecular flexibility index (Phi) is 5.41. The monoisotopic (exact) mass is 298 g/mol. The lowest BCUT2D eigenvalue weighted by atomic mass is 9.83. The van der Waals surface area contributed by atoms with Crippen molar-refractivity contribution in [1.82, 2.24) is 0 Å². The molecule has 1 fully saturated rings. The van der Waals surface area contributed by atoms with Crippen LogP contribution in [0.15, 0.2) is 18.2 Å². The molecule has 1 atom stereocenters. The molecule has 1 aromatic carbocycles. The molecule has 1 aromatic rings. The van der Waals surface area contributed by atoms with E-state index in [2.05, 4.69) is 0 Å². The van der Waals surface area contributed by atoms with Crippen molar-refractivity contribution in [3.8, 4) is 0 Å². The van der Waals surface area contributed by atoms with E-state index in [4.69, 9.17) is 16.7 Å². The van der Waals surface area contributed by atoms with Crippen molar-refractivity contribution in [2.24, 2.45) is 0 Å². The number of hydrogen-bond donors (Lipinski definition) is 1. The van der Waals surface area contributed by atoms with E-state index in [0.29, 0.717) is 17.9 Å². The molecule has 2 rings (SSSR count). The van der Waals surface area contributed by atoms with Crippen LogP contribution in [-0.4, -0.2) is 11.1 Å². The smallest absolute Gasteiger partial charge is 0.303 e. The molecule has 20 heavy (non-hydrogen) atoms. The van der Waals surface area contributed by atoms with E-state index in [-0.39, 0.29) is 12.2 Å². The fraction of sp³-hybridized carbons (Fsp3) is 0.562. The first kappa shape index (κ1) is 15.3. The number of carboxylic acids is 1. The summed E-state index contributed by atoms with van der Waals surface area (Å²) in [6, 6.07) is 5.15. The summed E-state index contributed by atoms with van der Waals surface area (Å²) in [7, 11) is 0. The fourth-order valence-corrected chi connectivity index (χ4v) is 3.14. The van der Waals surface area contributed by atoms with Crippen LogP contribution in [0.1, 0.15) is 67.4 Å². The quantitative estimate of drug-likeness (QED) is 0.775. The Hall–Kier alpha value is -1.09. The molecule has 1 saturated carbocycles. The van der Waals surface area contributed by atoms with Crippen LogP contribution in [0.25, 0.3) is 0 Å². The Balaban J connectivity index is 2.06. The molecule has 4 heteroatoms. The average Bonchev–Trinajstić information content (AvgIpc) is 2.45. The number of carboxylic acid groups (broad SMARTS) is 1. The maximum absolute atomic E-state index is 14.2. The van der Waals surface area contributed by atoms with Crippen LogP contribution in [-0.2, 0) is 4.79 Å². The molecule has 0 aliphatic heterocycles. The summed E-state index contributed by atoms with van der Waals surface area (Å²) in [5, 5.41) is 8.20. The van der Waals surface area contributed by atoms with Gasteiger partial charge in [-0.1, -0.05) is 31.4 Å². The summed E-state index contributed by atoms with van der Waals surface area (Å²) in [5.74, 6) is -0.754. The number of halogens is 2. The summed E-state index contributed by atoms with van der Waals surface area (Å²) in [5.41, 5.74) is 1.46. The van der Waals surface area contributed by atoms with Crippen LogP contribution >= 0.6 is 11.6 Å². The van der Waals surface area contributed by atoms with Gasteiger partial charge in [0.15, 0.2) is 0 Å². The van der Waals surface area contributed by atoms with Gasteiger partial charge in [-0.25, -0.2) is 4.39 Å². The molecular formula is C16H20ClFO2. The van der Waals surface area contributed by atoms with Crippen molar-refractivity contribution in [2.75, 3.05) is 0 Å². The van der Waals surface area contributed by atoms with Crippen LogP contribution in [0.4, 0.5) is 4.39 Å². The van der Waals surface area contributed by atoms with Crippen molar-refractivity contribution >= 4 is 17.6 Å². The predicted molar refractivity (Wildman–Crippen MR) is 77.7 cm³/mol. The highest BCUT2D eigenvalue weighted by Gasteiger charge is 2.20. The maximum Gasteiger partial charge on any atom is 0.303 e. The van der Waals surface area contributed by atoms with E-state index in [1.165, 1.54) is 25.3 Å². The zero-order valence-corrected chi connectivity index (χ0v) is 12.2. The molecule has 2 nitrogen and oxygen atoms in total. The molecule has 0 aromatic heterocycles. The molecule has 0 bridgehead atoms. The zero-order chi connectivity index (χ0) is 14.5. The summed E-state index contributed by atoms with van der Waals surface area (Å²) >= 11 is 6.13. The highest BCUT2D eigenvalue weighted by atomic mass is 35.5. The van der Waals surface area contributed by atoms with Gasteiger partial charge in [0, 0.05) is 6.42 Å². The third kappa shape index (κ3) is 3.95. The van der Waals surface area contributed by atoms with Crippen LogP contribution in [0, 0.1) is 5.82 Å². The second-order valence-corrected chi connectivity index (χ2v) is 6.04. The molecule has 0 amide bonds. The van der Waals surface area contributed by atoms with Gasteiger partial charge in [0.2, 0.25) is 0 Å². The van der Waals surface area contributed by atoms with Crippen LogP contribution in [0.2, 0.25) is 0 Å². The molecule has 1 N–H and O–H groups in total. The number of benzene rings is 1. The zero-order valence-electron chi connectivity index (χ0n) is 11.4. The minimum Gasteiger partial charge on any atom is -0.481 e. The van der Waals surface area contributed by atoms with Crippen LogP contribution in [0.3, 0.4) is 0 Å². The Morgan fingerprint density at radius 1 is 1.35 bits per heavy atom. The van der Waals surface area contributed by atoms with Gasteiger partial charge < -0.3 is 5.11 Å². The van der Waals surface area contributed by atoms with Gasteiger partial charge in [-0.2, -0.15) is 0 Å². The minimum atomic E-state index is -0.880. The Morgan fingerprint density at radius 3 is 2.65 bits per heavy atom. The van der Waals surface area contributed by atoms with Gasteiger partial charge >= 0.3 is 5.97 Å². The van der Waals surface area contributed by atoms with Gasteiger partial charge in [0.1, 0.15) is 5.82 Å². The summed E-state index contributed by atoms with van der Waals surface area (Å²) < 4.78 is 14.2. The largest absolute Gasteiger partial charge is 0.481 e. The molecule has 110 valence electrons. The van der Waals surface area contributed by atoms with Gasteiger partial charge in [0.05, 0.1) is 5.38 Å². The van der Waals surface area contributed by atoms with Gasteiger partial charge in [0.25, 0.3) is 0 Å². The summed E-state index contributed by atoms with van der Waals surface area (Å²) in [6.07, 6.45) is 6.01. The highest BCUT2D eigenvalue weighted by molar-refractivity contribution is 6.20. The van der Waals surface area contributed by atoms with E-state index >= 15 is 0 Å². The van der Waals surface area contributed by atoms with Crippen molar-refractivity contribution in [1.29, 1.82) is 0 Å². The molecule has 0 radical (unpaired) electrons. The van der Waals surface area contributed by atoms with Gasteiger partial charge in [-0.15, -0.1) is 11.6 Å².